The van der Waals surface area contributed by atoms with Gasteiger partial charge in [0.05, 0.1) is 35.0 Å². The van der Waals surface area contributed by atoms with Crippen molar-refractivity contribution in [1.82, 2.24) is 9.97 Å². The van der Waals surface area contributed by atoms with Gasteiger partial charge >= 0.3 is 12.4 Å². The minimum Gasteiger partial charge on any atom is -0.336 e. The van der Waals surface area contributed by atoms with Crippen molar-refractivity contribution in [2.75, 3.05) is 21.6 Å². The van der Waals surface area contributed by atoms with Gasteiger partial charge in [-0.1, -0.05) is 12.1 Å². The van der Waals surface area contributed by atoms with E-state index in [1.54, 1.807) is 0 Å². The molecule has 3 aromatic rings. The Kier molecular flexibility index (Phi) is 6.59. The molecule has 3 rings (SSSR count). The van der Waals surface area contributed by atoms with Crippen molar-refractivity contribution in [1.29, 1.82) is 0 Å². The smallest absolute Gasteiger partial charge is 0.336 e. The summed E-state index contributed by atoms with van der Waals surface area (Å²) in [6.07, 6.45) is -8.61. The maximum absolute atomic E-state index is 14.3. The van der Waals surface area contributed by atoms with Crippen LogP contribution in [0.15, 0.2) is 48.7 Å². The van der Waals surface area contributed by atoms with Crippen LogP contribution in [-0.2, 0) is 22.4 Å². The second-order valence-electron chi connectivity index (χ2n) is 6.85. The maximum Gasteiger partial charge on any atom is 0.416 e. The maximum atomic E-state index is 14.3. The first-order valence-corrected chi connectivity index (χ1v) is 10.9. The molecule has 0 fully saturated rings. The van der Waals surface area contributed by atoms with Gasteiger partial charge in [0.25, 0.3) is 0 Å². The highest BCUT2D eigenvalue weighted by molar-refractivity contribution is 7.92. The highest BCUT2D eigenvalue weighted by Gasteiger charge is 2.37. The predicted octanol–water partition coefficient (Wildman–Crippen LogP) is 5.51. The molecule has 7 nitrogen and oxygen atoms in total. The summed E-state index contributed by atoms with van der Waals surface area (Å²) in [6, 6.07) is 6.52. The first-order chi connectivity index (χ1) is 15.6. The van der Waals surface area contributed by atoms with Crippen LogP contribution in [0.5, 0.6) is 0 Å². The normalized spacial score (nSPS) is 12.4. The molecule has 3 N–H and O–H groups in total. The Morgan fingerprint density at radius 2 is 1.41 bits per heavy atom. The van der Waals surface area contributed by atoms with E-state index in [0.29, 0.717) is 18.3 Å². The SMILES string of the molecule is CS(=O)(=O)Nc1ccccc1Nc1nc(Nc2cc(C(F)(F)F)cc(C(F)(F)F)c2)ncc1F. The molecule has 2 aromatic carbocycles. The Bertz CT molecular complexity index is 1280. The summed E-state index contributed by atoms with van der Waals surface area (Å²) in [5.41, 5.74) is -3.67. The van der Waals surface area contributed by atoms with Gasteiger partial charge in [0, 0.05) is 5.69 Å². The zero-order chi connectivity index (χ0) is 25.3. The Labute approximate surface area is 188 Å². The molecule has 34 heavy (non-hydrogen) atoms. The molecule has 0 spiro atoms. The molecule has 0 bridgehead atoms. The topological polar surface area (TPSA) is 96.0 Å². The van der Waals surface area contributed by atoms with Crippen molar-refractivity contribution in [3.05, 3.63) is 65.6 Å². The fourth-order valence-corrected chi connectivity index (χ4v) is 3.26. The molecule has 1 aromatic heterocycles. The number of hydrogen-bond acceptors (Lipinski definition) is 6. The molecule has 0 saturated heterocycles. The number of rotatable bonds is 6. The Balaban J connectivity index is 1.96. The molecule has 0 radical (unpaired) electrons. The Hall–Kier alpha value is -3.62. The minimum atomic E-state index is -5.07. The van der Waals surface area contributed by atoms with E-state index in [1.165, 1.54) is 24.3 Å². The number of para-hydroxylation sites is 2. The van der Waals surface area contributed by atoms with Crippen molar-refractivity contribution < 1.29 is 39.2 Å². The zero-order valence-electron chi connectivity index (χ0n) is 16.9. The van der Waals surface area contributed by atoms with Crippen molar-refractivity contribution in [2.45, 2.75) is 12.4 Å². The van der Waals surface area contributed by atoms with E-state index in [4.69, 9.17) is 0 Å². The molecule has 15 heteroatoms. The van der Waals surface area contributed by atoms with Crippen molar-refractivity contribution >= 4 is 38.9 Å². The summed E-state index contributed by atoms with van der Waals surface area (Å²) in [5, 5.41) is 4.70. The first-order valence-electron chi connectivity index (χ1n) is 9.05. The lowest BCUT2D eigenvalue weighted by Crippen LogP contribution is -2.12. The fourth-order valence-electron chi connectivity index (χ4n) is 2.68. The lowest BCUT2D eigenvalue weighted by molar-refractivity contribution is -0.143. The Morgan fingerprint density at radius 3 is 1.94 bits per heavy atom. The van der Waals surface area contributed by atoms with Crippen molar-refractivity contribution in [3.63, 3.8) is 0 Å². The quantitative estimate of drug-likeness (QED) is 0.379. The molecule has 0 aliphatic heterocycles. The standard InChI is InChI=1S/C19H14F7N5O2S/c1-34(32,33)31-15-5-3-2-4-14(15)29-16-13(20)9-27-17(30-16)28-12-7-10(18(21,22)23)6-11(8-12)19(24,25)26/h2-9,31H,1H3,(H2,27,28,29,30). The first kappa shape index (κ1) is 25.0. The lowest BCUT2D eigenvalue weighted by Gasteiger charge is -2.15. The third-order valence-corrected chi connectivity index (χ3v) is 4.65. The number of halogens is 7. The van der Waals surface area contributed by atoms with Gasteiger partial charge in [-0.05, 0) is 30.3 Å². The molecule has 0 unspecified atom stereocenters. The van der Waals surface area contributed by atoms with E-state index in [2.05, 4.69) is 25.3 Å². The summed E-state index contributed by atoms with van der Waals surface area (Å²) < 4.78 is 118. The Morgan fingerprint density at radius 1 is 0.853 bits per heavy atom. The average molecular weight is 509 g/mol. The van der Waals surface area contributed by atoms with Crippen LogP contribution >= 0.6 is 0 Å². The largest absolute Gasteiger partial charge is 0.416 e. The number of anilines is 5. The van der Waals surface area contributed by atoms with Gasteiger partial charge < -0.3 is 10.6 Å². The van der Waals surface area contributed by atoms with Gasteiger partial charge in [-0.15, -0.1) is 0 Å². The van der Waals surface area contributed by atoms with E-state index < -0.39 is 56.8 Å². The van der Waals surface area contributed by atoms with E-state index in [-0.39, 0.29) is 17.4 Å². The van der Waals surface area contributed by atoms with Crippen LogP contribution in [0.25, 0.3) is 0 Å². The second-order valence-corrected chi connectivity index (χ2v) is 8.60. The van der Waals surface area contributed by atoms with Gasteiger partial charge in [0.1, 0.15) is 0 Å². The van der Waals surface area contributed by atoms with Crippen LogP contribution in [0.3, 0.4) is 0 Å². The molecule has 0 amide bonds. The fraction of sp³-hybridized carbons (Fsp3) is 0.158. The van der Waals surface area contributed by atoms with Gasteiger partial charge in [-0.3, -0.25) is 4.72 Å². The summed E-state index contributed by atoms with van der Waals surface area (Å²) in [6.45, 7) is 0. The highest BCUT2D eigenvalue weighted by Crippen LogP contribution is 2.38. The minimum absolute atomic E-state index is 0.0326. The monoisotopic (exact) mass is 509 g/mol. The van der Waals surface area contributed by atoms with Crippen LogP contribution in [0, 0.1) is 5.82 Å². The highest BCUT2D eigenvalue weighted by atomic mass is 32.2. The third kappa shape index (κ3) is 6.46. The summed E-state index contributed by atoms with van der Waals surface area (Å²) in [7, 11) is -3.70. The predicted molar refractivity (Wildman–Crippen MR) is 110 cm³/mol. The van der Waals surface area contributed by atoms with Gasteiger partial charge in [0.15, 0.2) is 11.6 Å². The number of nitrogens with one attached hydrogen (secondary N) is 3. The molecule has 0 aliphatic carbocycles. The van der Waals surface area contributed by atoms with Gasteiger partial charge in [0.2, 0.25) is 16.0 Å². The molecule has 0 atom stereocenters. The van der Waals surface area contributed by atoms with Crippen LogP contribution in [0.4, 0.5) is 59.6 Å². The summed E-state index contributed by atoms with van der Waals surface area (Å²) >= 11 is 0. The van der Waals surface area contributed by atoms with E-state index >= 15 is 0 Å². The van der Waals surface area contributed by atoms with Crippen molar-refractivity contribution in [2.24, 2.45) is 0 Å². The number of benzene rings is 2. The second kappa shape index (κ2) is 8.96. The van der Waals surface area contributed by atoms with E-state index in [9.17, 15) is 39.2 Å². The van der Waals surface area contributed by atoms with Gasteiger partial charge in [-0.25, -0.2) is 17.8 Å². The van der Waals surface area contributed by atoms with Crippen LogP contribution in [-0.4, -0.2) is 24.6 Å². The molecule has 182 valence electrons. The average Bonchev–Trinajstić information content (AvgIpc) is 2.69. The molecular weight excluding hydrogens is 495 g/mol. The van der Waals surface area contributed by atoms with Gasteiger partial charge in [-0.2, -0.15) is 31.3 Å². The number of sulfonamides is 1. The molecule has 0 aliphatic rings. The summed E-state index contributed by atoms with van der Waals surface area (Å²) in [4.78, 5) is 7.27. The van der Waals surface area contributed by atoms with Crippen LogP contribution < -0.4 is 15.4 Å². The number of alkyl halides is 6. The third-order valence-electron chi connectivity index (χ3n) is 4.06. The number of nitrogens with zero attached hydrogens (tertiary/aromatic N) is 2. The van der Waals surface area contributed by atoms with Crippen LogP contribution in [0.1, 0.15) is 11.1 Å². The molecular formula is C19H14F7N5O2S. The van der Waals surface area contributed by atoms with E-state index in [0.717, 1.165) is 6.26 Å². The van der Waals surface area contributed by atoms with Crippen LogP contribution in [0.2, 0.25) is 0 Å². The molecule has 0 saturated carbocycles. The number of hydrogen-bond donors (Lipinski definition) is 3. The van der Waals surface area contributed by atoms with E-state index in [1.807, 2.05) is 0 Å². The van der Waals surface area contributed by atoms with Crippen molar-refractivity contribution in [3.8, 4) is 0 Å². The lowest BCUT2D eigenvalue weighted by atomic mass is 10.1. The number of aromatic nitrogens is 2. The molecule has 1 heterocycles. The summed E-state index contributed by atoms with van der Waals surface area (Å²) in [5.74, 6) is -2.08. The zero-order valence-corrected chi connectivity index (χ0v) is 17.7.